The molecular weight excluding hydrogens is 280 g/mol. The molecule has 1 atom stereocenters. The summed E-state index contributed by atoms with van der Waals surface area (Å²) >= 11 is 0. The monoisotopic (exact) mass is 300 g/mol. The Hall–Kier alpha value is -2.44. The number of likely N-dealkylation sites (tertiary alicyclic amines) is 1. The molecule has 7 nitrogen and oxygen atoms in total. The van der Waals surface area contributed by atoms with Crippen molar-refractivity contribution in [2.45, 2.75) is 32.2 Å². The molecule has 0 aliphatic carbocycles. The van der Waals surface area contributed by atoms with E-state index >= 15 is 0 Å². The Balaban J connectivity index is 1.54. The molecule has 2 heterocycles. The van der Waals surface area contributed by atoms with Crippen molar-refractivity contribution in [1.29, 1.82) is 0 Å². The highest BCUT2D eigenvalue weighted by molar-refractivity contribution is 5.74. The molecule has 0 saturated carbocycles. The number of nitrogens with zero attached hydrogens (tertiary/aromatic N) is 4. The second kappa shape index (κ2) is 6.55. The number of hydrogen-bond acceptors (Lipinski definition) is 4. The van der Waals surface area contributed by atoms with Crippen LogP contribution in [0, 0.1) is 6.92 Å². The van der Waals surface area contributed by atoms with Crippen molar-refractivity contribution in [3.63, 3.8) is 0 Å². The van der Waals surface area contributed by atoms with Crippen molar-refractivity contribution in [2.75, 3.05) is 13.1 Å². The summed E-state index contributed by atoms with van der Waals surface area (Å²) in [5.41, 5.74) is 2.32. The predicted molar refractivity (Wildman–Crippen MR) is 81.1 cm³/mol. The Morgan fingerprint density at radius 1 is 1.41 bits per heavy atom. The lowest BCUT2D eigenvalue weighted by atomic mass is 9.98. The maximum atomic E-state index is 12.3. The molecule has 1 saturated heterocycles. The molecule has 1 unspecified atom stereocenters. The molecule has 2 aromatic rings. The van der Waals surface area contributed by atoms with Gasteiger partial charge >= 0.3 is 6.03 Å². The second-order valence-corrected chi connectivity index (χ2v) is 5.70. The SMILES string of the molecule is Cc1ccc(CNC(=O)N2CCCC(c3nn[nH]n3)C2)cc1. The highest BCUT2D eigenvalue weighted by Crippen LogP contribution is 2.23. The quantitative estimate of drug-likeness (QED) is 0.901. The summed E-state index contributed by atoms with van der Waals surface area (Å²) in [6.45, 7) is 4.00. The zero-order valence-electron chi connectivity index (χ0n) is 12.6. The Bertz CT molecular complexity index is 609. The van der Waals surface area contributed by atoms with E-state index in [1.54, 1.807) is 0 Å². The van der Waals surface area contributed by atoms with Gasteiger partial charge in [0, 0.05) is 25.6 Å². The van der Waals surface area contributed by atoms with Crippen LogP contribution in [0.5, 0.6) is 0 Å². The van der Waals surface area contributed by atoms with E-state index in [0.717, 1.165) is 24.9 Å². The summed E-state index contributed by atoms with van der Waals surface area (Å²) in [7, 11) is 0. The van der Waals surface area contributed by atoms with Crippen LogP contribution >= 0.6 is 0 Å². The molecule has 1 aliphatic heterocycles. The van der Waals surface area contributed by atoms with Gasteiger partial charge in [0.15, 0.2) is 5.82 Å². The van der Waals surface area contributed by atoms with Gasteiger partial charge in [0.2, 0.25) is 0 Å². The predicted octanol–water partition coefficient (Wildman–Crippen LogP) is 1.60. The van der Waals surface area contributed by atoms with Gasteiger partial charge in [0.1, 0.15) is 0 Å². The number of urea groups is 1. The molecule has 3 rings (SSSR count). The fourth-order valence-corrected chi connectivity index (χ4v) is 2.71. The number of tetrazole rings is 1. The lowest BCUT2D eigenvalue weighted by molar-refractivity contribution is 0.178. The highest BCUT2D eigenvalue weighted by atomic mass is 16.2. The lowest BCUT2D eigenvalue weighted by Crippen LogP contribution is -2.44. The molecule has 1 aromatic carbocycles. The molecule has 0 bridgehead atoms. The molecule has 116 valence electrons. The summed E-state index contributed by atoms with van der Waals surface area (Å²) in [6.07, 6.45) is 1.94. The number of aromatic amines is 1. The topological polar surface area (TPSA) is 86.8 Å². The average Bonchev–Trinajstić information content (AvgIpc) is 3.09. The average molecular weight is 300 g/mol. The molecule has 1 fully saturated rings. The van der Waals surface area contributed by atoms with Crippen molar-refractivity contribution >= 4 is 6.03 Å². The van der Waals surface area contributed by atoms with E-state index < -0.39 is 0 Å². The van der Waals surface area contributed by atoms with Crippen molar-refractivity contribution in [1.82, 2.24) is 30.8 Å². The smallest absolute Gasteiger partial charge is 0.317 e. The number of carbonyl (C=O) groups is 1. The fraction of sp³-hybridized carbons (Fsp3) is 0.467. The molecule has 2 amide bonds. The van der Waals surface area contributed by atoms with Gasteiger partial charge in [-0.25, -0.2) is 4.79 Å². The van der Waals surface area contributed by atoms with Crippen LogP contribution in [0.4, 0.5) is 4.79 Å². The molecule has 0 spiro atoms. The maximum Gasteiger partial charge on any atom is 0.317 e. The minimum atomic E-state index is -0.0335. The van der Waals surface area contributed by atoms with Gasteiger partial charge in [-0.1, -0.05) is 35.0 Å². The number of aryl methyl sites for hydroxylation is 1. The van der Waals surface area contributed by atoms with E-state index in [9.17, 15) is 4.79 Å². The third-order valence-corrected chi connectivity index (χ3v) is 4.00. The van der Waals surface area contributed by atoms with Crippen LogP contribution in [0.2, 0.25) is 0 Å². The summed E-state index contributed by atoms with van der Waals surface area (Å²) in [5, 5.41) is 17.1. The Morgan fingerprint density at radius 3 is 2.95 bits per heavy atom. The minimum Gasteiger partial charge on any atom is -0.334 e. The van der Waals surface area contributed by atoms with Gasteiger partial charge in [0.25, 0.3) is 0 Å². The Labute approximate surface area is 129 Å². The van der Waals surface area contributed by atoms with Crippen LogP contribution in [-0.4, -0.2) is 44.6 Å². The van der Waals surface area contributed by atoms with Crippen molar-refractivity contribution in [2.24, 2.45) is 0 Å². The number of benzene rings is 1. The maximum absolute atomic E-state index is 12.3. The minimum absolute atomic E-state index is 0.0335. The Morgan fingerprint density at radius 2 is 2.23 bits per heavy atom. The van der Waals surface area contributed by atoms with Crippen LogP contribution in [0.25, 0.3) is 0 Å². The van der Waals surface area contributed by atoms with Gasteiger partial charge in [-0.15, -0.1) is 10.2 Å². The van der Waals surface area contributed by atoms with Gasteiger partial charge < -0.3 is 10.2 Å². The third kappa shape index (κ3) is 3.41. The van der Waals surface area contributed by atoms with Crippen LogP contribution in [0.1, 0.15) is 35.7 Å². The summed E-state index contributed by atoms with van der Waals surface area (Å²) in [4.78, 5) is 14.1. The fourth-order valence-electron chi connectivity index (χ4n) is 2.71. The molecule has 2 N–H and O–H groups in total. The highest BCUT2D eigenvalue weighted by Gasteiger charge is 2.27. The van der Waals surface area contributed by atoms with Crippen LogP contribution in [-0.2, 0) is 6.54 Å². The van der Waals surface area contributed by atoms with Gasteiger partial charge in [0.05, 0.1) is 0 Å². The van der Waals surface area contributed by atoms with E-state index in [1.807, 2.05) is 24.0 Å². The number of hydrogen-bond donors (Lipinski definition) is 2. The normalized spacial score (nSPS) is 18.2. The number of carbonyl (C=O) groups excluding carboxylic acids is 1. The van der Waals surface area contributed by atoms with E-state index in [0.29, 0.717) is 18.9 Å². The summed E-state index contributed by atoms with van der Waals surface area (Å²) < 4.78 is 0. The zero-order valence-corrected chi connectivity index (χ0v) is 12.6. The number of amides is 2. The van der Waals surface area contributed by atoms with Crippen molar-refractivity contribution in [3.8, 4) is 0 Å². The van der Waals surface area contributed by atoms with Gasteiger partial charge in [-0.2, -0.15) is 5.21 Å². The number of rotatable bonds is 3. The number of H-pyrrole nitrogens is 1. The summed E-state index contributed by atoms with van der Waals surface area (Å²) in [5.74, 6) is 0.855. The number of piperidine rings is 1. The largest absolute Gasteiger partial charge is 0.334 e. The molecule has 0 radical (unpaired) electrons. The van der Waals surface area contributed by atoms with E-state index in [4.69, 9.17) is 0 Å². The van der Waals surface area contributed by atoms with Crippen LogP contribution in [0.15, 0.2) is 24.3 Å². The first-order valence-corrected chi connectivity index (χ1v) is 7.54. The van der Waals surface area contributed by atoms with E-state index in [2.05, 4.69) is 38.1 Å². The van der Waals surface area contributed by atoms with Crippen molar-refractivity contribution < 1.29 is 4.79 Å². The van der Waals surface area contributed by atoms with Crippen LogP contribution in [0.3, 0.4) is 0 Å². The third-order valence-electron chi connectivity index (χ3n) is 4.00. The standard InChI is InChI=1S/C15H20N6O/c1-11-4-6-12(7-5-11)9-16-15(22)21-8-2-3-13(10-21)14-17-19-20-18-14/h4-7,13H,2-3,8-10H2,1H3,(H,16,22)(H,17,18,19,20). The molecule has 1 aromatic heterocycles. The molecule has 22 heavy (non-hydrogen) atoms. The number of aromatic nitrogens is 4. The Kier molecular flexibility index (Phi) is 4.32. The van der Waals surface area contributed by atoms with Crippen LogP contribution < -0.4 is 5.32 Å². The molecular formula is C15H20N6O. The second-order valence-electron chi connectivity index (χ2n) is 5.70. The zero-order chi connectivity index (χ0) is 15.4. The van der Waals surface area contributed by atoms with Gasteiger partial charge in [-0.3, -0.25) is 0 Å². The molecule has 7 heteroatoms. The van der Waals surface area contributed by atoms with E-state index in [-0.39, 0.29) is 11.9 Å². The first-order valence-electron chi connectivity index (χ1n) is 7.54. The first-order chi connectivity index (χ1) is 10.7. The van der Waals surface area contributed by atoms with E-state index in [1.165, 1.54) is 5.56 Å². The van der Waals surface area contributed by atoms with Crippen molar-refractivity contribution in [3.05, 3.63) is 41.2 Å². The summed E-state index contributed by atoms with van der Waals surface area (Å²) in [6, 6.07) is 8.14. The first kappa shape index (κ1) is 14.5. The van der Waals surface area contributed by atoms with Gasteiger partial charge in [-0.05, 0) is 25.3 Å². The lowest BCUT2D eigenvalue weighted by Gasteiger charge is -2.31. The number of nitrogens with one attached hydrogen (secondary N) is 2. The molecule has 1 aliphatic rings.